The van der Waals surface area contributed by atoms with Crippen molar-refractivity contribution < 1.29 is 14.3 Å². The Morgan fingerprint density at radius 2 is 1.54 bits per heavy atom. The van der Waals surface area contributed by atoms with Gasteiger partial charge in [-0.25, -0.2) is 4.39 Å². The van der Waals surface area contributed by atoms with Gasteiger partial charge in [-0.2, -0.15) is 0 Å². The number of rotatable bonds is 8. The van der Waals surface area contributed by atoms with Gasteiger partial charge in [-0.05, 0) is 91.4 Å². The lowest BCUT2D eigenvalue weighted by atomic mass is 10.0. The number of hydrogen-bond donors (Lipinski definition) is 1. The van der Waals surface area contributed by atoms with Crippen molar-refractivity contribution in [3.05, 3.63) is 107 Å². The fourth-order valence-electron chi connectivity index (χ4n) is 4.80. The van der Waals surface area contributed by atoms with Crippen LogP contribution in [0.2, 0.25) is 0 Å². The predicted molar refractivity (Wildman–Crippen MR) is 162 cm³/mol. The smallest absolute Gasteiger partial charge is 0.150 e. The van der Waals surface area contributed by atoms with Gasteiger partial charge in [0, 0.05) is 41.7 Å². The Hall–Kier alpha value is -3.68. The van der Waals surface area contributed by atoms with E-state index >= 15 is 0 Å². The number of anilines is 1. The van der Waals surface area contributed by atoms with E-state index in [0.717, 1.165) is 65.9 Å². The molecule has 0 saturated heterocycles. The lowest BCUT2D eigenvalue weighted by Gasteiger charge is -2.28. The molecule has 1 aliphatic rings. The van der Waals surface area contributed by atoms with E-state index in [0.29, 0.717) is 5.56 Å². The number of aliphatic hydroxyl groups is 1. The van der Waals surface area contributed by atoms with Crippen LogP contribution in [0.4, 0.5) is 10.1 Å². The van der Waals surface area contributed by atoms with Gasteiger partial charge >= 0.3 is 0 Å². The van der Waals surface area contributed by atoms with Crippen LogP contribution in [0.3, 0.4) is 0 Å². The minimum Gasteiger partial charge on any atom is -0.400 e. The minimum absolute atomic E-state index is 0.262. The minimum atomic E-state index is -0.262. The van der Waals surface area contributed by atoms with E-state index in [1.807, 2.05) is 57.2 Å². The fourth-order valence-corrected chi connectivity index (χ4v) is 4.80. The summed E-state index contributed by atoms with van der Waals surface area (Å²) < 4.78 is 13.1. The van der Waals surface area contributed by atoms with E-state index in [9.17, 15) is 9.18 Å². The summed E-state index contributed by atoms with van der Waals surface area (Å²) in [6, 6.07) is 20.3. The summed E-state index contributed by atoms with van der Waals surface area (Å²) in [5.74, 6) is 6.81. The van der Waals surface area contributed by atoms with E-state index in [1.165, 1.54) is 44.2 Å². The van der Waals surface area contributed by atoms with Crippen molar-refractivity contribution in [3.8, 4) is 11.8 Å². The van der Waals surface area contributed by atoms with Gasteiger partial charge in [0.15, 0.2) is 0 Å². The molecule has 0 aromatic heterocycles. The largest absolute Gasteiger partial charge is 0.400 e. The normalized spacial score (nSPS) is 12.2. The maximum absolute atomic E-state index is 13.1. The summed E-state index contributed by atoms with van der Waals surface area (Å²) in [6.07, 6.45) is 8.70. The fraction of sp³-hybridized carbons (Fsp3) is 0.343. The van der Waals surface area contributed by atoms with Gasteiger partial charge in [0.25, 0.3) is 0 Å². The van der Waals surface area contributed by atoms with Gasteiger partial charge in [-0.15, -0.1) is 0 Å². The second-order valence-corrected chi connectivity index (χ2v) is 9.38. The molecule has 0 amide bonds. The number of benzene rings is 3. The predicted octanol–water partition coefficient (Wildman–Crippen LogP) is 8.43. The third-order valence-electron chi connectivity index (χ3n) is 6.90. The number of aryl methyl sites for hydroxylation is 1. The molecule has 0 atom stereocenters. The average molecular weight is 528 g/mol. The molecule has 1 fully saturated rings. The molecule has 1 aliphatic carbocycles. The highest BCUT2D eigenvalue weighted by Gasteiger charge is 2.17. The van der Waals surface area contributed by atoms with Crippen molar-refractivity contribution >= 4 is 17.7 Å². The van der Waals surface area contributed by atoms with Crippen LogP contribution in [0.15, 0.2) is 73.3 Å². The Balaban J connectivity index is 0.00000127. The van der Waals surface area contributed by atoms with Crippen molar-refractivity contribution in [1.29, 1.82) is 0 Å². The van der Waals surface area contributed by atoms with Crippen molar-refractivity contribution in [3.63, 3.8) is 0 Å². The molecular weight excluding hydrogens is 485 g/mol. The zero-order chi connectivity index (χ0) is 28.6. The third-order valence-corrected chi connectivity index (χ3v) is 6.90. The van der Waals surface area contributed by atoms with E-state index in [1.54, 1.807) is 12.1 Å². The Morgan fingerprint density at radius 1 is 0.974 bits per heavy atom. The summed E-state index contributed by atoms with van der Waals surface area (Å²) in [5.41, 5.74) is 6.40. The molecule has 1 saturated carbocycles. The van der Waals surface area contributed by atoms with Crippen molar-refractivity contribution in [2.45, 2.75) is 59.3 Å². The van der Waals surface area contributed by atoms with Gasteiger partial charge in [0.05, 0.1) is 0 Å². The number of carbonyl (C=O) groups is 1. The Morgan fingerprint density at radius 3 is 2.08 bits per heavy atom. The summed E-state index contributed by atoms with van der Waals surface area (Å²) in [6.45, 7) is 11.3. The molecule has 0 spiro atoms. The number of halogens is 1. The molecule has 1 N–H and O–H groups in total. The molecule has 3 nitrogen and oxygen atoms in total. The van der Waals surface area contributed by atoms with E-state index in [-0.39, 0.29) is 5.82 Å². The van der Waals surface area contributed by atoms with Crippen LogP contribution in [0.1, 0.15) is 85.0 Å². The number of nitrogens with zero attached hydrogens (tertiary/aromatic N) is 1. The lowest BCUT2D eigenvalue weighted by molar-refractivity contribution is 0.112. The van der Waals surface area contributed by atoms with Gasteiger partial charge in [-0.1, -0.05) is 70.1 Å². The average Bonchev–Trinajstić information content (AvgIpc) is 3.51. The highest BCUT2D eigenvalue weighted by Crippen LogP contribution is 2.31. The third kappa shape index (κ3) is 9.53. The van der Waals surface area contributed by atoms with Crippen LogP contribution >= 0.6 is 0 Å². The summed E-state index contributed by atoms with van der Waals surface area (Å²) in [4.78, 5) is 13.6. The summed E-state index contributed by atoms with van der Waals surface area (Å²) >= 11 is 0. The first-order chi connectivity index (χ1) is 19.0. The molecule has 0 radical (unpaired) electrons. The Kier molecular flexibility index (Phi) is 13.8. The second-order valence-electron chi connectivity index (χ2n) is 9.38. The van der Waals surface area contributed by atoms with Crippen molar-refractivity contribution in [1.82, 2.24) is 0 Å². The molecule has 4 rings (SSSR count). The van der Waals surface area contributed by atoms with Crippen LogP contribution in [-0.2, 0) is 0 Å². The van der Waals surface area contributed by atoms with Crippen LogP contribution in [-0.4, -0.2) is 25.0 Å². The highest BCUT2D eigenvalue weighted by molar-refractivity contribution is 5.82. The topological polar surface area (TPSA) is 40.5 Å². The highest BCUT2D eigenvalue weighted by atomic mass is 19.1. The van der Waals surface area contributed by atoms with Gasteiger partial charge in [0.1, 0.15) is 12.1 Å². The number of aliphatic hydroxyl groups excluding tert-OH is 1. The maximum Gasteiger partial charge on any atom is 0.150 e. The van der Waals surface area contributed by atoms with Crippen LogP contribution in [0.25, 0.3) is 5.70 Å². The van der Waals surface area contributed by atoms with Crippen molar-refractivity contribution in [2.75, 3.05) is 18.6 Å². The lowest BCUT2D eigenvalue weighted by Crippen LogP contribution is -2.23. The Bertz CT molecular complexity index is 1230. The molecule has 39 heavy (non-hydrogen) atoms. The Labute approximate surface area is 234 Å². The van der Waals surface area contributed by atoms with Crippen LogP contribution in [0.5, 0.6) is 0 Å². The quantitative estimate of drug-likeness (QED) is 0.236. The summed E-state index contributed by atoms with van der Waals surface area (Å²) in [5, 5.41) is 7.00. The van der Waals surface area contributed by atoms with Gasteiger partial charge in [-0.3, -0.25) is 4.79 Å². The molecule has 4 heteroatoms. The standard InChI is InChI=1S/C32H32FNO.C2H6.CH4O/c1-24-22-32(20-17-30(24)23-35)34(21-5-8-26-6-3-4-7-26)25(2)29-15-11-27(12-16-29)9-10-28-13-18-31(33)19-14-28;2*1-2/h11-20,22-23,26H,2-8,21H2,1H3;1-2H3;2H,1H3. The SMILES string of the molecule is C=C(c1ccc(C#Cc2ccc(F)cc2)cc1)N(CCCC1CCCC1)c1ccc(C=O)c(C)c1.CC.CO. The molecule has 206 valence electrons. The van der Waals surface area contributed by atoms with Crippen LogP contribution in [0, 0.1) is 30.5 Å². The van der Waals surface area contributed by atoms with Gasteiger partial charge in [0.2, 0.25) is 0 Å². The zero-order valence-electron chi connectivity index (χ0n) is 23.8. The molecule has 0 unspecified atom stereocenters. The first-order valence-corrected chi connectivity index (χ1v) is 13.9. The maximum atomic E-state index is 13.1. The first kappa shape index (κ1) is 31.5. The first-order valence-electron chi connectivity index (χ1n) is 13.9. The van der Waals surface area contributed by atoms with Crippen LogP contribution < -0.4 is 4.90 Å². The molecule has 0 heterocycles. The molecule has 3 aromatic rings. The molecule has 0 bridgehead atoms. The number of aldehydes is 1. The monoisotopic (exact) mass is 527 g/mol. The molecule has 0 aliphatic heterocycles. The van der Waals surface area contributed by atoms with E-state index < -0.39 is 0 Å². The van der Waals surface area contributed by atoms with E-state index in [2.05, 4.69) is 29.4 Å². The second kappa shape index (κ2) is 17.0. The number of hydrogen-bond acceptors (Lipinski definition) is 3. The molecular formula is C35H42FNO2. The van der Waals surface area contributed by atoms with Gasteiger partial charge < -0.3 is 10.0 Å². The zero-order valence-corrected chi connectivity index (χ0v) is 23.8. The van der Waals surface area contributed by atoms with Crippen molar-refractivity contribution in [2.24, 2.45) is 5.92 Å². The summed E-state index contributed by atoms with van der Waals surface area (Å²) in [7, 11) is 1.00. The number of carbonyl (C=O) groups excluding carboxylic acids is 1. The van der Waals surface area contributed by atoms with E-state index in [4.69, 9.17) is 5.11 Å². The molecule has 3 aromatic carbocycles.